The summed E-state index contributed by atoms with van der Waals surface area (Å²) in [5, 5.41) is 6.99. The van der Waals surface area contributed by atoms with Crippen molar-refractivity contribution in [1.29, 1.82) is 0 Å². The summed E-state index contributed by atoms with van der Waals surface area (Å²) >= 11 is 6.22. The van der Waals surface area contributed by atoms with Crippen LogP contribution in [0, 0.1) is 0 Å². The first-order chi connectivity index (χ1) is 12.7. The summed E-state index contributed by atoms with van der Waals surface area (Å²) in [6.07, 6.45) is 6.49. The number of benzene rings is 3. The zero-order chi connectivity index (χ0) is 17.9. The quantitative estimate of drug-likeness (QED) is 0.542. The molecule has 0 aliphatic heterocycles. The number of fused-ring (bicyclic) bond motifs is 1. The van der Waals surface area contributed by atoms with E-state index in [1.165, 1.54) is 54.1 Å². The monoisotopic (exact) mass is 365 g/mol. The van der Waals surface area contributed by atoms with Gasteiger partial charge in [0.15, 0.2) is 0 Å². The van der Waals surface area contributed by atoms with Gasteiger partial charge in [-0.1, -0.05) is 43.0 Å². The molecular formula is C23H24ClNO. The summed E-state index contributed by atoms with van der Waals surface area (Å²) in [5.74, 6) is 0.879. The smallest absolute Gasteiger partial charge is 0.119 e. The number of hydrogen-bond donors (Lipinski definition) is 1. The van der Waals surface area contributed by atoms with Gasteiger partial charge >= 0.3 is 0 Å². The number of anilines is 1. The number of ether oxygens (including phenoxy) is 1. The highest BCUT2D eigenvalue weighted by Gasteiger charge is 2.15. The van der Waals surface area contributed by atoms with Gasteiger partial charge in [-0.05, 0) is 71.8 Å². The van der Waals surface area contributed by atoms with Crippen LogP contribution in [0.3, 0.4) is 0 Å². The third kappa shape index (κ3) is 3.66. The van der Waals surface area contributed by atoms with Gasteiger partial charge in [-0.25, -0.2) is 0 Å². The van der Waals surface area contributed by atoms with Crippen molar-refractivity contribution in [2.24, 2.45) is 0 Å². The van der Waals surface area contributed by atoms with Crippen molar-refractivity contribution in [1.82, 2.24) is 0 Å². The molecule has 0 amide bonds. The third-order valence-corrected chi connectivity index (χ3v) is 5.52. The van der Waals surface area contributed by atoms with E-state index in [4.69, 9.17) is 16.3 Å². The molecule has 134 valence electrons. The van der Waals surface area contributed by atoms with Gasteiger partial charge < -0.3 is 10.1 Å². The van der Waals surface area contributed by atoms with Crippen molar-refractivity contribution in [3.8, 4) is 16.9 Å². The molecule has 0 aromatic heterocycles. The second-order valence-electron chi connectivity index (χ2n) is 7.10. The molecule has 0 atom stereocenters. The van der Waals surface area contributed by atoms with E-state index < -0.39 is 0 Å². The molecule has 0 radical (unpaired) electrons. The Hall–Kier alpha value is -2.19. The summed E-state index contributed by atoms with van der Waals surface area (Å²) in [5.41, 5.74) is 3.51. The maximum absolute atomic E-state index is 6.22. The van der Waals surface area contributed by atoms with Crippen molar-refractivity contribution in [3.63, 3.8) is 0 Å². The molecule has 0 heterocycles. The number of rotatable bonds is 4. The van der Waals surface area contributed by atoms with Crippen molar-refractivity contribution in [3.05, 3.63) is 59.6 Å². The average molecular weight is 366 g/mol. The highest BCUT2D eigenvalue weighted by Crippen LogP contribution is 2.35. The normalized spacial score (nSPS) is 15.2. The van der Waals surface area contributed by atoms with Gasteiger partial charge in [0.25, 0.3) is 0 Å². The number of nitrogens with one attached hydrogen (secondary N) is 1. The van der Waals surface area contributed by atoms with Crippen LogP contribution in [0.15, 0.2) is 54.6 Å². The molecular weight excluding hydrogens is 342 g/mol. The van der Waals surface area contributed by atoms with Crippen LogP contribution in [-0.2, 0) is 0 Å². The zero-order valence-electron chi connectivity index (χ0n) is 15.1. The minimum absolute atomic E-state index is 0.559. The van der Waals surface area contributed by atoms with E-state index >= 15 is 0 Å². The van der Waals surface area contributed by atoms with E-state index in [0.717, 1.165) is 16.3 Å². The Balaban J connectivity index is 1.81. The minimum atomic E-state index is 0.559. The van der Waals surface area contributed by atoms with Gasteiger partial charge in [-0.3, -0.25) is 0 Å². The molecule has 0 unspecified atom stereocenters. The summed E-state index contributed by atoms with van der Waals surface area (Å²) in [7, 11) is 1.71. The third-order valence-electron chi connectivity index (χ3n) is 5.28. The van der Waals surface area contributed by atoms with E-state index in [9.17, 15) is 0 Å². The summed E-state index contributed by atoms with van der Waals surface area (Å²) in [6.45, 7) is 0. The first-order valence-corrected chi connectivity index (χ1v) is 9.75. The fourth-order valence-electron chi connectivity index (χ4n) is 3.90. The van der Waals surface area contributed by atoms with Gasteiger partial charge in [-0.15, -0.1) is 0 Å². The Morgan fingerprint density at radius 3 is 2.54 bits per heavy atom. The Morgan fingerprint density at radius 2 is 1.77 bits per heavy atom. The molecule has 1 saturated carbocycles. The Morgan fingerprint density at radius 1 is 0.923 bits per heavy atom. The molecule has 1 N–H and O–H groups in total. The Bertz CT molecular complexity index is 915. The molecule has 4 rings (SSSR count). The molecule has 1 aliphatic rings. The summed E-state index contributed by atoms with van der Waals surface area (Å²) in [4.78, 5) is 0. The van der Waals surface area contributed by atoms with Crippen molar-refractivity contribution >= 4 is 28.1 Å². The molecule has 2 nitrogen and oxygen atoms in total. The number of methoxy groups -OCH3 is 1. The molecule has 0 saturated heterocycles. The van der Waals surface area contributed by atoms with Gasteiger partial charge in [0.2, 0.25) is 0 Å². The highest BCUT2D eigenvalue weighted by molar-refractivity contribution is 6.30. The molecule has 0 bridgehead atoms. The van der Waals surface area contributed by atoms with Gasteiger partial charge in [-0.2, -0.15) is 0 Å². The van der Waals surface area contributed by atoms with Crippen LogP contribution in [-0.4, -0.2) is 13.2 Å². The average Bonchev–Trinajstić information content (AvgIpc) is 2.68. The molecule has 1 aliphatic carbocycles. The first kappa shape index (κ1) is 17.2. The Kier molecular flexibility index (Phi) is 5.03. The lowest BCUT2D eigenvalue weighted by Crippen LogP contribution is -2.22. The van der Waals surface area contributed by atoms with Crippen LogP contribution in [0.5, 0.6) is 5.75 Å². The van der Waals surface area contributed by atoms with E-state index in [-0.39, 0.29) is 0 Å². The van der Waals surface area contributed by atoms with Crippen molar-refractivity contribution in [2.45, 2.75) is 38.1 Å². The predicted octanol–water partition coefficient (Wildman–Crippen LogP) is 6.91. The molecule has 3 aromatic rings. The lowest BCUT2D eigenvalue weighted by molar-refractivity contribution is 0.415. The molecule has 26 heavy (non-hydrogen) atoms. The lowest BCUT2D eigenvalue weighted by atomic mass is 9.94. The Labute approximate surface area is 160 Å². The lowest BCUT2D eigenvalue weighted by Gasteiger charge is -2.25. The van der Waals surface area contributed by atoms with Crippen LogP contribution in [0.25, 0.3) is 21.9 Å². The van der Waals surface area contributed by atoms with Crippen molar-refractivity contribution in [2.75, 3.05) is 12.4 Å². The molecule has 3 aromatic carbocycles. The maximum atomic E-state index is 6.22. The summed E-state index contributed by atoms with van der Waals surface area (Å²) in [6, 6.07) is 19.4. The predicted molar refractivity (Wildman–Crippen MR) is 111 cm³/mol. The first-order valence-electron chi connectivity index (χ1n) is 9.37. The van der Waals surface area contributed by atoms with E-state index in [1.807, 2.05) is 24.3 Å². The number of halogens is 1. The van der Waals surface area contributed by atoms with E-state index in [2.05, 4.69) is 35.6 Å². The second-order valence-corrected chi connectivity index (χ2v) is 7.54. The van der Waals surface area contributed by atoms with Crippen LogP contribution < -0.4 is 10.1 Å². The van der Waals surface area contributed by atoms with Gasteiger partial charge in [0.05, 0.1) is 7.11 Å². The van der Waals surface area contributed by atoms with Crippen LogP contribution in [0.1, 0.15) is 32.1 Å². The molecule has 1 fully saturated rings. The maximum Gasteiger partial charge on any atom is 0.119 e. The summed E-state index contributed by atoms with van der Waals surface area (Å²) < 4.78 is 5.44. The number of hydrogen-bond acceptors (Lipinski definition) is 2. The standard InChI is InChI=1S/C23H24ClNO/c1-26-21-10-11-22-18(14-21)12-17(16-6-5-7-19(24)13-16)15-23(22)25-20-8-3-2-4-9-20/h5-7,10-15,20,25H,2-4,8-9H2,1H3. The fourth-order valence-corrected chi connectivity index (χ4v) is 4.09. The van der Waals surface area contributed by atoms with Crippen molar-refractivity contribution < 1.29 is 4.74 Å². The molecule has 3 heteroatoms. The van der Waals surface area contributed by atoms with Crippen LogP contribution in [0.4, 0.5) is 5.69 Å². The minimum Gasteiger partial charge on any atom is -0.497 e. The van der Waals surface area contributed by atoms with Gasteiger partial charge in [0.1, 0.15) is 5.75 Å². The SMILES string of the molecule is COc1ccc2c(NC3CCCCC3)cc(-c3cccc(Cl)c3)cc2c1. The second kappa shape index (κ2) is 7.59. The van der Waals surface area contributed by atoms with Crippen LogP contribution >= 0.6 is 11.6 Å². The zero-order valence-corrected chi connectivity index (χ0v) is 15.9. The topological polar surface area (TPSA) is 21.3 Å². The van der Waals surface area contributed by atoms with E-state index in [1.54, 1.807) is 7.11 Å². The van der Waals surface area contributed by atoms with E-state index in [0.29, 0.717) is 6.04 Å². The fraction of sp³-hybridized carbons (Fsp3) is 0.304. The highest BCUT2D eigenvalue weighted by atomic mass is 35.5. The molecule has 0 spiro atoms. The van der Waals surface area contributed by atoms with Crippen LogP contribution in [0.2, 0.25) is 5.02 Å². The largest absolute Gasteiger partial charge is 0.497 e. The van der Waals surface area contributed by atoms with Gasteiger partial charge in [0, 0.05) is 22.1 Å².